The second kappa shape index (κ2) is 7.20. The van der Waals surface area contributed by atoms with Crippen LogP contribution < -0.4 is 0 Å². The largest absolute Gasteiger partial charge is 0.480 e. The van der Waals surface area contributed by atoms with Crippen LogP contribution in [0.4, 0.5) is 0 Å². The number of carbonyl (C=O) groups is 1. The van der Waals surface area contributed by atoms with Crippen molar-refractivity contribution in [3.8, 4) is 0 Å². The summed E-state index contributed by atoms with van der Waals surface area (Å²) < 4.78 is -0.745. The summed E-state index contributed by atoms with van der Waals surface area (Å²) in [5.41, 5.74) is 0. The van der Waals surface area contributed by atoms with Crippen LogP contribution in [0.15, 0.2) is 0 Å². The second-order valence-electron chi connectivity index (χ2n) is 2.39. The maximum absolute atomic E-state index is 10.9. The highest BCUT2D eigenvalue weighted by atomic mass is 32.2. The summed E-state index contributed by atoms with van der Waals surface area (Å²) in [5, 5.41) is 8.99. The molecule has 0 fully saturated rings. The van der Waals surface area contributed by atoms with E-state index in [-0.39, 0.29) is 0 Å². The van der Waals surface area contributed by atoms with Gasteiger partial charge >= 0.3 is 5.97 Å². The molecular formula is C7H14O2S4. The van der Waals surface area contributed by atoms with Gasteiger partial charge < -0.3 is 5.11 Å². The second-order valence-corrected chi connectivity index (χ2v) is 6.57. The van der Waals surface area contributed by atoms with Crippen molar-refractivity contribution in [1.29, 1.82) is 0 Å². The van der Waals surface area contributed by atoms with Crippen molar-refractivity contribution in [2.75, 3.05) is 23.0 Å². The molecule has 0 saturated heterocycles. The maximum atomic E-state index is 10.9. The van der Waals surface area contributed by atoms with Crippen LogP contribution in [0.1, 0.15) is 6.92 Å². The number of hydrogen-bond acceptors (Lipinski definition) is 5. The molecule has 0 radical (unpaired) electrons. The lowest BCUT2D eigenvalue weighted by atomic mass is 10.5. The molecule has 0 aliphatic rings. The van der Waals surface area contributed by atoms with Gasteiger partial charge in [0, 0.05) is 11.5 Å². The van der Waals surface area contributed by atoms with Crippen LogP contribution in [0, 0.1) is 0 Å². The Bertz CT molecular complexity index is 155. The molecule has 0 spiro atoms. The number of hydrogen-bond donors (Lipinski definition) is 3. The van der Waals surface area contributed by atoms with E-state index >= 15 is 0 Å². The highest BCUT2D eigenvalue weighted by molar-refractivity contribution is 8.19. The van der Waals surface area contributed by atoms with E-state index in [0.717, 1.165) is 11.5 Å². The normalized spacial score (nSPS) is 11.6. The molecule has 0 aromatic rings. The van der Waals surface area contributed by atoms with Crippen LogP contribution in [0.5, 0.6) is 0 Å². The first-order chi connectivity index (χ1) is 6.06. The number of thioether (sulfide) groups is 2. The average Bonchev–Trinajstić information content (AvgIpc) is 2.11. The van der Waals surface area contributed by atoms with E-state index in [4.69, 9.17) is 5.11 Å². The summed E-state index contributed by atoms with van der Waals surface area (Å²) >= 11 is 11.0. The van der Waals surface area contributed by atoms with E-state index < -0.39 is 10.0 Å². The van der Waals surface area contributed by atoms with Gasteiger partial charge in [-0.1, -0.05) is 0 Å². The van der Waals surface area contributed by atoms with E-state index in [1.165, 1.54) is 23.5 Å². The minimum absolute atomic E-state index is 0.703. The molecule has 13 heavy (non-hydrogen) atoms. The Balaban J connectivity index is 4.08. The standard InChI is InChI=1S/C7H14O2S4/c1-7(6(8)9,12-4-2-10)13-5-3-11/h10-11H,2-5H2,1H3,(H,8,9). The topological polar surface area (TPSA) is 37.3 Å². The van der Waals surface area contributed by atoms with Crippen molar-refractivity contribution >= 4 is 54.8 Å². The molecule has 0 aromatic carbocycles. The molecule has 0 rings (SSSR count). The molecule has 0 bridgehead atoms. The Kier molecular flexibility index (Phi) is 7.68. The van der Waals surface area contributed by atoms with Gasteiger partial charge in [0.15, 0.2) is 4.08 Å². The molecule has 0 aromatic heterocycles. The van der Waals surface area contributed by atoms with Gasteiger partial charge in [0.2, 0.25) is 0 Å². The summed E-state index contributed by atoms with van der Waals surface area (Å²) in [4.78, 5) is 10.9. The predicted octanol–water partition coefficient (Wildman–Crippen LogP) is 2.11. The number of aliphatic carboxylic acids is 1. The molecule has 0 atom stereocenters. The molecule has 6 heteroatoms. The fourth-order valence-electron chi connectivity index (χ4n) is 0.646. The third kappa shape index (κ3) is 5.34. The fraction of sp³-hybridized carbons (Fsp3) is 0.857. The maximum Gasteiger partial charge on any atom is 0.329 e. The first-order valence-electron chi connectivity index (χ1n) is 3.80. The Hall–Kier alpha value is 0.870. The van der Waals surface area contributed by atoms with Gasteiger partial charge in [-0.25, -0.2) is 4.79 Å². The Morgan fingerprint density at radius 1 is 1.31 bits per heavy atom. The summed E-state index contributed by atoms with van der Waals surface area (Å²) in [6.07, 6.45) is 0. The molecule has 1 N–H and O–H groups in total. The van der Waals surface area contributed by atoms with Crippen molar-refractivity contribution < 1.29 is 9.90 Å². The van der Waals surface area contributed by atoms with Crippen molar-refractivity contribution in [3.05, 3.63) is 0 Å². The molecule has 0 amide bonds. The van der Waals surface area contributed by atoms with E-state index in [1.807, 2.05) is 0 Å². The zero-order valence-electron chi connectivity index (χ0n) is 7.39. The van der Waals surface area contributed by atoms with Crippen molar-refractivity contribution in [2.45, 2.75) is 11.0 Å². The van der Waals surface area contributed by atoms with Gasteiger partial charge in [-0.15, -0.1) is 23.5 Å². The van der Waals surface area contributed by atoms with Crippen LogP contribution in [-0.2, 0) is 4.79 Å². The molecule has 0 saturated carbocycles. The molecule has 0 aliphatic heterocycles. The van der Waals surface area contributed by atoms with Gasteiger partial charge in [-0.2, -0.15) is 25.3 Å². The highest BCUT2D eigenvalue weighted by Gasteiger charge is 2.33. The summed E-state index contributed by atoms with van der Waals surface area (Å²) in [6, 6.07) is 0. The fourth-order valence-corrected chi connectivity index (χ4v) is 3.24. The summed E-state index contributed by atoms with van der Waals surface area (Å²) in [7, 11) is 0. The smallest absolute Gasteiger partial charge is 0.329 e. The summed E-state index contributed by atoms with van der Waals surface area (Å²) in [5.74, 6) is 2.15. The molecule has 78 valence electrons. The van der Waals surface area contributed by atoms with Crippen LogP contribution in [0.2, 0.25) is 0 Å². The Morgan fingerprint density at radius 3 is 1.92 bits per heavy atom. The Morgan fingerprint density at radius 2 is 1.69 bits per heavy atom. The monoisotopic (exact) mass is 258 g/mol. The van der Waals surface area contributed by atoms with E-state index in [0.29, 0.717) is 11.5 Å². The lowest BCUT2D eigenvalue weighted by molar-refractivity contribution is -0.136. The van der Waals surface area contributed by atoms with Gasteiger partial charge in [0.25, 0.3) is 0 Å². The molecule has 0 heterocycles. The Labute approximate surface area is 98.4 Å². The van der Waals surface area contributed by atoms with E-state index in [2.05, 4.69) is 25.3 Å². The summed E-state index contributed by atoms with van der Waals surface area (Å²) in [6.45, 7) is 1.73. The van der Waals surface area contributed by atoms with E-state index in [9.17, 15) is 4.79 Å². The first kappa shape index (κ1) is 13.9. The van der Waals surface area contributed by atoms with Gasteiger partial charge in [0.05, 0.1) is 0 Å². The van der Waals surface area contributed by atoms with Crippen LogP contribution in [-0.4, -0.2) is 38.2 Å². The SMILES string of the molecule is CC(SCCS)(SCCS)C(=O)O. The minimum Gasteiger partial charge on any atom is -0.480 e. The molecular weight excluding hydrogens is 244 g/mol. The predicted molar refractivity (Wildman–Crippen MR) is 68.7 cm³/mol. The minimum atomic E-state index is -0.772. The van der Waals surface area contributed by atoms with Gasteiger partial charge in [-0.3, -0.25) is 0 Å². The van der Waals surface area contributed by atoms with Crippen LogP contribution >= 0.6 is 48.8 Å². The molecule has 0 aliphatic carbocycles. The van der Waals surface area contributed by atoms with E-state index in [1.54, 1.807) is 6.92 Å². The van der Waals surface area contributed by atoms with Gasteiger partial charge in [-0.05, 0) is 18.4 Å². The number of carboxylic acids is 1. The highest BCUT2D eigenvalue weighted by Crippen LogP contribution is 2.37. The third-order valence-electron chi connectivity index (χ3n) is 1.33. The zero-order chi connectivity index (χ0) is 10.3. The first-order valence-corrected chi connectivity index (χ1v) is 7.03. The number of carboxylic acid groups (broad SMARTS) is 1. The van der Waals surface area contributed by atoms with Crippen molar-refractivity contribution in [1.82, 2.24) is 0 Å². The van der Waals surface area contributed by atoms with Crippen molar-refractivity contribution in [2.24, 2.45) is 0 Å². The molecule has 2 nitrogen and oxygen atoms in total. The number of thiol groups is 2. The lowest BCUT2D eigenvalue weighted by Gasteiger charge is -2.22. The van der Waals surface area contributed by atoms with Crippen molar-refractivity contribution in [3.63, 3.8) is 0 Å². The third-order valence-corrected chi connectivity index (χ3v) is 5.35. The lowest BCUT2D eigenvalue weighted by Crippen LogP contribution is -2.28. The average molecular weight is 258 g/mol. The molecule has 0 unspecified atom stereocenters. The zero-order valence-corrected chi connectivity index (χ0v) is 10.8. The van der Waals surface area contributed by atoms with Crippen LogP contribution in [0.3, 0.4) is 0 Å². The number of rotatable bonds is 7. The van der Waals surface area contributed by atoms with Crippen LogP contribution in [0.25, 0.3) is 0 Å². The quantitative estimate of drug-likeness (QED) is 0.483. The van der Waals surface area contributed by atoms with Gasteiger partial charge in [0.1, 0.15) is 0 Å².